The first-order valence-electron chi connectivity index (χ1n) is 7.70. The molecule has 0 amide bonds. The lowest BCUT2D eigenvalue weighted by Crippen LogP contribution is -2.30. The van der Waals surface area contributed by atoms with Gasteiger partial charge in [-0.05, 0) is 41.3 Å². The average Bonchev–Trinajstić information content (AvgIpc) is 2.95. The largest absolute Gasteiger partial charge is 0.441 e. The fraction of sp³-hybridized carbons (Fsp3) is 0.150. The topological polar surface area (TPSA) is 26.0 Å². The monoisotopic (exact) mass is 321 g/mol. The second-order valence-electron chi connectivity index (χ2n) is 5.82. The normalized spacial score (nSPS) is 16.8. The lowest BCUT2D eigenvalue weighted by atomic mass is 9.86. The summed E-state index contributed by atoms with van der Waals surface area (Å²) in [7, 11) is 0. The summed E-state index contributed by atoms with van der Waals surface area (Å²) in [5, 5.41) is 1.73. The summed E-state index contributed by atoms with van der Waals surface area (Å²) in [5.74, 6) is 0.971. The van der Waals surface area contributed by atoms with Gasteiger partial charge in [0.2, 0.25) is 0 Å². The summed E-state index contributed by atoms with van der Waals surface area (Å²) in [6, 6.07) is 18.5. The molecule has 3 aromatic rings. The van der Waals surface area contributed by atoms with Gasteiger partial charge < -0.3 is 4.42 Å². The molecule has 0 N–H and O–H groups in total. The van der Waals surface area contributed by atoms with Crippen molar-refractivity contribution in [3.8, 4) is 0 Å². The van der Waals surface area contributed by atoms with Gasteiger partial charge >= 0.3 is 0 Å². The van der Waals surface area contributed by atoms with Gasteiger partial charge in [0.1, 0.15) is 5.35 Å². The molecule has 114 valence electrons. The van der Waals surface area contributed by atoms with Crippen LogP contribution in [0.5, 0.6) is 0 Å². The quantitative estimate of drug-likeness (QED) is 0.717. The lowest BCUT2D eigenvalue weighted by Gasteiger charge is -2.18. The molecule has 0 saturated heterocycles. The Bertz CT molecular complexity index is 955. The van der Waals surface area contributed by atoms with E-state index in [4.69, 9.17) is 16.0 Å². The minimum atomic E-state index is 0.266. The predicted octanol–water partition coefficient (Wildman–Crippen LogP) is 3.80. The number of oxazole rings is 1. The highest BCUT2D eigenvalue weighted by Gasteiger charge is 2.20. The summed E-state index contributed by atoms with van der Waals surface area (Å²) < 4.78 is 5.82. The maximum absolute atomic E-state index is 6.02. The van der Waals surface area contributed by atoms with E-state index < -0.39 is 0 Å². The van der Waals surface area contributed by atoms with Gasteiger partial charge in [0.25, 0.3) is 0 Å². The van der Waals surface area contributed by atoms with Crippen LogP contribution in [0, 0.1) is 6.92 Å². The molecule has 0 spiro atoms. The zero-order valence-electron chi connectivity index (χ0n) is 12.8. The van der Waals surface area contributed by atoms with Crippen molar-refractivity contribution in [3.63, 3.8) is 0 Å². The number of aromatic nitrogens is 1. The van der Waals surface area contributed by atoms with Gasteiger partial charge in [-0.3, -0.25) is 0 Å². The molecule has 2 aromatic carbocycles. The first-order valence-corrected chi connectivity index (χ1v) is 8.08. The van der Waals surface area contributed by atoms with E-state index in [1.807, 2.05) is 25.1 Å². The Morgan fingerprint density at radius 2 is 1.78 bits per heavy atom. The van der Waals surface area contributed by atoms with Gasteiger partial charge in [-0.1, -0.05) is 54.1 Å². The number of nitrogens with zero attached hydrogens (tertiary/aromatic N) is 1. The van der Waals surface area contributed by atoms with Crippen molar-refractivity contribution >= 4 is 23.3 Å². The molecular formula is C20H16ClNO. The van der Waals surface area contributed by atoms with Gasteiger partial charge in [0.15, 0.2) is 11.3 Å². The summed E-state index contributed by atoms with van der Waals surface area (Å²) in [6.07, 6.45) is 3.08. The number of rotatable bonds is 2. The summed E-state index contributed by atoms with van der Waals surface area (Å²) in [4.78, 5) is 4.60. The first kappa shape index (κ1) is 14.3. The lowest BCUT2D eigenvalue weighted by molar-refractivity contribution is 0.488. The zero-order valence-corrected chi connectivity index (χ0v) is 13.5. The molecule has 1 aromatic heterocycles. The van der Waals surface area contributed by atoms with E-state index in [1.165, 1.54) is 16.7 Å². The number of aryl methyl sites for hydroxylation is 1. The molecule has 0 saturated carbocycles. The third kappa shape index (κ3) is 2.71. The Morgan fingerprint density at radius 3 is 2.52 bits per heavy atom. The standard InChI is InChI=1S/C20H16ClNO/c1-13-22-20-18(15-5-3-2-4-6-15)11-16(12-19(20)23-13)14-7-9-17(21)10-8-14/h2-10,12,16H,11H2,1H3. The van der Waals surface area contributed by atoms with Crippen LogP contribution in [-0.2, 0) is 0 Å². The van der Waals surface area contributed by atoms with E-state index in [0.717, 1.165) is 22.2 Å². The molecule has 1 aliphatic rings. The van der Waals surface area contributed by atoms with Crippen molar-refractivity contribution in [2.75, 3.05) is 0 Å². The third-order valence-electron chi connectivity index (χ3n) is 4.24. The van der Waals surface area contributed by atoms with Crippen molar-refractivity contribution in [2.24, 2.45) is 0 Å². The maximum atomic E-state index is 6.02. The fourth-order valence-electron chi connectivity index (χ4n) is 3.15. The van der Waals surface area contributed by atoms with E-state index in [2.05, 4.69) is 47.5 Å². The van der Waals surface area contributed by atoms with Crippen LogP contribution < -0.4 is 10.8 Å². The number of fused-ring (bicyclic) bond motifs is 1. The van der Waals surface area contributed by atoms with Crippen molar-refractivity contribution < 1.29 is 4.42 Å². The molecule has 3 heteroatoms. The minimum Gasteiger partial charge on any atom is -0.441 e. The fourth-order valence-corrected chi connectivity index (χ4v) is 3.27. The van der Waals surface area contributed by atoms with Crippen LogP contribution in [0.15, 0.2) is 59.0 Å². The minimum absolute atomic E-state index is 0.266. The highest BCUT2D eigenvalue weighted by Crippen LogP contribution is 2.30. The number of benzene rings is 2. The predicted molar refractivity (Wildman–Crippen MR) is 92.7 cm³/mol. The molecule has 4 rings (SSSR count). The van der Waals surface area contributed by atoms with Gasteiger partial charge in [-0.2, -0.15) is 0 Å². The maximum Gasteiger partial charge on any atom is 0.192 e. The van der Waals surface area contributed by atoms with Crippen molar-refractivity contribution in [3.05, 3.63) is 87.4 Å². The SMILES string of the molecule is Cc1nc2c(o1)=CC(c1ccc(Cl)cc1)CC=2c1ccccc1. The molecule has 1 atom stereocenters. The Labute approximate surface area is 139 Å². The molecular weight excluding hydrogens is 306 g/mol. The zero-order chi connectivity index (χ0) is 15.8. The highest BCUT2D eigenvalue weighted by atomic mass is 35.5. The number of hydrogen-bond donors (Lipinski definition) is 0. The van der Waals surface area contributed by atoms with Gasteiger partial charge in [-0.15, -0.1) is 0 Å². The van der Waals surface area contributed by atoms with Crippen LogP contribution in [0.2, 0.25) is 5.02 Å². The van der Waals surface area contributed by atoms with Crippen LogP contribution in [0.3, 0.4) is 0 Å². The molecule has 0 fully saturated rings. The molecule has 1 aliphatic carbocycles. The van der Waals surface area contributed by atoms with E-state index in [-0.39, 0.29) is 5.92 Å². The van der Waals surface area contributed by atoms with Crippen LogP contribution in [0.1, 0.15) is 29.4 Å². The van der Waals surface area contributed by atoms with Gasteiger partial charge in [0, 0.05) is 17.9 Å². The van der Waals surface area contributed by atoms with Crippen molar-refractivity contribution in [1.29, 1.82) is 0 Å². The van der Waals surface area contributed by atoms with E-state index in [9.17, 15) is 0 Å². The number of halogens is 1. The first-order chi connectivity index (χ1) is 11.2. The Hall–Kier alpha value is -2.32. The molecule has 23 heavy (non-hydrogen) atoms. The molecule has 0 radical (unpaired) electrons. The Morgan fingerprint density at radius 1 is 1.04 bits per heavy atom. The smallest absolute Gasteiger partial charge is 0.192 e. The van der Waals surface area contributed by atoms with E-state index in [0.29, 0.717) is 5.89 Å². The van der Waals surface area contributed by atoms with Crippen molar-refractivity contribution in [2.45, 2.75) is 19.3 Å². The Balaban J connectivity index is 1.88. The van der Waals surface area contributed by atoms with Crippen LogP contribution in [-0.4, -0.2) is 4.98 Å². The summed E-state index contributed by atoms with van der Waals surface area (Å²) in [6.45, 7) is 1.89. The molecule has 0 bridgehead atoms. The second kappa shape index (κ2) is 5.71. The van der Waals surface area contributed by atoms with E-state index in [1.54, 1.807) is 0 Å². The third-order valence-corrected chi connectivity index (χ3v) is 4.50. The Kier molecular flexibility index (Phi) is 3.55. The highest BCUT2D eigenvalue weighted by molar-refractivity contribution is 6.30. The van der Waals surface area contributed by atoms with Crippen molar-refractivity contribution in [1.82, 2.24) is 4.98 Å². The van der Waals surface area contributed by atoms with Crippen LogP contribution >= 0.6 is 11.6 Å². The molecule has 1 unspecified atom stereocenters. The van der Waals surface area contributed by atoms with Crippen LogP contribution in [0.25, 0.3) is 11.6 Å². The molecule has 1 heterocycles. The van der Waals surface area contributed by atoms with Gasteiger partial charge in [0.05, 0.1) is 0 Å². The van der Waals surface area contributed by atoms with Gasteiger partial charge in [-0.25, -0.2) is 4.98 Å². The molecule has 0 aliphatic heterocycles. The summed E-state index contributed by atoms with van der Waals surface area (Å²) >= 11 is 6.02. The second-order valence-corrected chi connectivity index (χ2v) is 6.26. The number of hydrogen-bond acceptors (Lipinski definition) is 2. The summed E-state index contributed by atoms with van der Waals surface area (Å²) in [5.41, 5.74) is 4.55. The van der Waals surface area contributed by atoms with Crippen LogP contribution in [0.4, 0.5) is 0 Å². The van der Waals surface area contributed by atoms with E-state index >= 15 is 0 Å². The average molecular weight is 322 g/mol. The molecule has 2 nitrogen and oxygen atoms in total.